The second-order valence-corrected chi connectivity index (χ2v) is 10.5. The summed E-state index contributed by atoms with van der Waals surface area (Å²) in [5.74, 6) is -1.33. The molecule has 0 unspecified atom stereocenters. The van der Waals surface area contributed by atoms with Gasteiger partial charge in [-0.15, -0.1) is 0 Å². The molecule has 35 heavy (non-hydrogen) atoms. The van der Waals surface area contributed by atoms with E-state index in [0.29, 0.717) is 24.2 Å². The molecule has 2 aliphatic rings. The summed E-state index contributed by atoms with van der Waals surface area (Å²) in [5, 5.41) is 0. The predicted octanol–water partition coefficient (Wildman–Crippen LogP) is 1.62. The van der Waals surface area contributed by atoms with Gasteiger partial charge in [-0.25, -0.2) is 0 Å². The lowest BCUT2D eigenvalue weighted by Crippen LogP contribution is -2.58. The number of piperazine rings is 1. The van der Waals surface area contributed by atoms with Crippen molar-refractivity contribution < 1.29 is 22.8 Å². The van der Waals surface area contributed by atoms with Crippen LogP contribution in [0.25, 0.3) is 0 Å². The Morgan fingerprint density at radius 1 is 0.857 bits per heavy atom. The van der Waals surface area contributed by atoms with E-state index >= 15 is 0 Å². The molecule has 0 aliphatic carbocycles. The van der Waals surface area contributed by atoms with Crippen molar-refractivity contribution >= 4 is 27.9 Å². The molecule has 0 N–H and O–H groups in total. The van der Waals surface area contributed by atoms with Crippen molar-refractivity contribution in [3.05, 3.63) is 71.3 Å². The Hall–Kier alpha value is -3.08. The van der Waals surface area contributed by atoms with Gasteiger partial charge >= 0.3 is 0 Å². The molecule has 0 spiro atoms. The molecule has 2 aromatic rings. The van der Waals surface area contributed by atoms with E-state index in [-0.39, 0.29) is 38.5 Å². The Kier molecular flexibility index (Phi) is 7.34. The van der Waals surface area contributed by atoms with Crippen molar-refractivity contribution in [1.29, 1.82) is 0 Å². The first kappa shape index (κ1) is 25.0. The number of benzene rings is 2. The smallest absolute Gasteiger partial charge is 0.282 e. The highest BCUT2D eigenvalue weighted by Gasteiger charge is 2.44. The van der Waals surface area contributed by atoms with Gasteiger partial charge in [0, 0.05) is 45.7 Å². The molecule has 10 heteroatoms. The number of amides is 3. The average molecular weight is 499 g/mol. The Morgan fingerprint density at radius 2 is 1.37 bits per heavy atom. The number of nitrogens with zero attached hydrogens (tertiary/aromatic N) is 4. The maximum absolute atomic E-state index is 13.7. The van der Waals surface area contributed by atoms with Gasteiger partial charge in [0.1, 0.15) is 6.04 Å². The Bertz CT molecular complexity index is 1170. The first-order valence-electron chi connectivity index (χ1n) is 11.8. The second-order valence-electron chi connectivity index (χ2n) is 8.55. The minimum absolute atomic E-state index is 0.157. The summed E-state index contributed by atoms with van der Waals surface area (Å²) in [4.78, 5) is 42.7. The van der Waals surface area contributed by atoms with Crippen LogP contribution in [0.5, 0.6) is 0 Å². The molecule has 1 saturated heterocycles. The van der Waals surface area contributed by atoms with Crippen molar-refractivity contribution in [3.8, 4) is 0 Å². The summed E-state index contributed by atoms with van der Waals surface area (Å²) in [6.45, 7) is 5.01. The molecule has 1 atom stereocenters. The number of carbonyl (C=O) groups excluding carboxylic acids is 3. The molecule has 186 valence electrons. The maximum atomic E-state index is 13.7. The summed E-state index contributed by atoms with van der Waals surface area (Å²) in [5.41, 5.74) is 1.40. The molecule has 3 amide bonds. The largest absolute Gasteiger partial charge is 0.338 e. The van der Waals surface area contributed by atoms with E-state index in [2.05, 4.69) is 0 Å². The van der Waals surface area contributed by atoms with Gasteiger partial charge in [-0.2, -0.15) is 17.0 Å². The number of fused-ring (bicyclic) bond motifs is 1. The van der Waals surface area contributed by atoms with Gasteiger partial charge in [-0.1, -0.05) is 56.3 Å². The number of imide groups is 1. The third kappa shape index (κ3) is 4.73. The topological polar surface area (TPSA) is 98.3 Å². The average Bonchev–Trinajstić information content (AvgIpc) is 3.13. The zero-order valence-corrected chi connectivity index (χ0v) is 20.8. The van der Waals surface area contributed by atoms with E-state index in [9.17, 15) is 22.8 Å². The van der Waals surface area contributed by atoms with Crippen molar-refractivity contribution in [1.82, 2.24) is 18.4 Å². The molecule has 4 rings (SSSR count). The molecule has 2 aliphatic heterocycles. The fourth-order valence-corrected chi connectivity index (χ4v) is 6.28. The fraction of sp³-hybridized carbons (Fsp3) is 0.400. The van der Waals surface area contributed by atoms with E-state index in [1.54, 1.807) is 43.0 Å². The first-order valence-corrected chi connectivity index (χ1v) is 13.2. The third-order valence-corrected chi connectivity index (χ3v) is 8.79. The molecule has 0 radical (unpaired) electrons. The highest BCUT2D eigenvalue weighted by molar-refractivity contribution is 7.86. The van der Waals surface area contributed by atoms with E-state index in [1.807, 2.05) is 30.3 Å². The van der Waals surface area contributed by atoms with Gasteiger partial charge in [0.25, 0.3) is 22.0 Å². The van der Waals surface area contributed by atoms with Gasteiger partial charge in [0.05, 0.1) is 11.1 Å². The van der Waals surface area contributed by atoms with Crippen LogP contribution in [0.3, 0.4) is 0 Å². The van der Waals surface area contributed by atoms with Crippen LogP contribution in [0, 0.1) is 0 Å². The van der Waals surface area contributed by atoms with Gasteiger partial charge in [-0.05, 0) is 17.7 Å². The van der Waals surface area contributed by atoms with Gasteiger partial charge in [-0.3, -0.25) is 19.3 Å². The molecule has 0 saturated carbocycles. The molecular weight excluding hydrogens is 468 g/mol. The van der Waals surface area contributed by atoms with Gasteiger partial charge in [0.15, 0.2) is 0 Å². The molecule has 0 bridgehead atoms. The minimum Gasteiger partial charge on any atom is -0.338 e. The van der Waals surface area contributed by atoms with Crippen LogP contribution in [-0.2, 0) is 21.4 Å². The molecule has 2 aromatic carbocycles. The van der Waals surface area contributed by atoms with Crippen LogP contribution in [0.15, 0.2) is 54.6 Å². The van der Waals surface area contributed by atoms with Crippen molar-refractivity contribution in [3.63, 3.8) is 0 Å². The molecule has 0 aromatic heterocycles. The van der Waals surface area contributed by atoms with E-state index in [4.69, 9.17) is 0 Å². The minimum atomic E-state index is -3.60. The lowest BCUT2D eigenvalue weighted by Gasteiger charge is -2.38. The number of rotatable bonds is 8. The predicted molar refractivity (Wildman–Crippen MR) is 131 cm³/mol. The number of hydrogen-bond donors (Lipinski definition) is 0. The fourth-order valence-electron chi connectivity index (χ4n) is 4.68. The molecule has 9 nitrogen and oxygen atoms in total. The zero-order valence-electron chi connectivity index (χ0n) is 20.0. The normalized spacial score (nSPS) is 17.7. The Balaban J connectivity index is 1.57. The number of carbonyl (C=O) groups is 3. The summed E-state index contributed by atoms with van der Waals surface area (Å²) in [7, 11) is -3.60. The lowest BCUT2D eigenvalue weighted by molar-refractivity contribution is -0.136. The van der Waals surface area contributed by atoms with E-state index < -0.39 is 28.1 Å². The maximum Gasteiger partial charge on any atom is 0.282 e. The molecule has 2 heterocycles. The molecular formula is C25H30N4O5S. The lowest BCUT2D eigenvalue weighted by atomic mass is 10.0. The van der Waals surface area contributed by atoms with Crippen LogP contribution >= 0.6 is 0 Å². The van der Waals surface area contributed by atoms with Crippen LogP contribution in [-0.4, -0.2) is 89.9 Å². The molecule has 1 fully saturated rings. The highest BCUT2D eigenvalue weighted by atomic mass is 32.2. The van der Waals surface area contributed by atoms with E-state index in [1.165, 1.54) is 8.61 Å². The second kappa shape index (κ2) is 10.3. The van der Waals surface area contributed by atoms with Gasteiger partial charge < -0.3 is 4.90 Å². The van der Waals surface area contributed by atoms with E-state index in [0.717, 1.165) is 10.5 Å². The first-order chi connectivity index (χ1) is 16.8. The summed E-state index contributed by atoms with van der Waals surface area (Å²) in [6.07, 6.45) is 0.184. The highest BCUT2D eigenvalue weighted by Crippen LogP contribution is 2.27. The summed E-state index contributed by atoms with van der Waals surface area (Å²) < 4.78 is 28.5. The van der Waals surface area contributed by atoms with Crippen molar-refractivity contribution in [2.75, 3.05) is 39.3 Å². The van der Waals surface area contributed by atoms with Gasteiger partial charge in [0.2, 0.25) is 5.91 Å². The summed E-state index contributed by atoms with van der Waals surface area (Å²) >= 11 is 0. The Morgan fingerprint density at radius 3 is 1.89 bits per heavy atom. The zero-order chi connectivity index (χ0) is 25.2. The SMILES string of the molecule is CCN(CC)S(=O)(=O)N1CCN(C(=O)[C@H](Cc2ccccc2)N2C(=O)c3ccccc3C2=O)CC1. The summed E-state index contributed by atoms with van der Waals surface area (Å²) in [6, 6.07) is 14.8. The van der Waals surface area contributed by atoms with Crippen LogP contribution in [0.1, 0.15) is 40.1 Å². The number of hydrogen-bond acceptors (Lipinski definition) is 5. The van der Waals surface area contributed by atoms with Crippen LogP contribution in [0.2, 0.25) is 0 Å². The van der Waals surface area contributed by atoms with Crippen molar-refractivity contribution in [2.45, 2.75) is 26.3 Å². The van der Waals surface area contributed by atoms with Crippen molar-refractivity contribution in [2.24, 2.45) is 0 Å². The third-order valence-electron chi connectivity index (χ3n) is 6.60. The van der Waals surface area contributed by atoms with Crippen LogP contribution in [0.4, 0.5) is 0 Å². The monoisotopic (exact) mass is 498 g/mol. The quantitative estimate of drug-likeness (QED) is 0.515. The van der Waals surface area contributed by atoms with Crippen LogP contribution < -0.4 is 0 Å². The standard InChI is InChI=1S/C25H30N4O5S/c1-3-27(4-2)35(33,34)28-16-14-26(15-17-28)25(32)22(18-19-10-6-5-7-11-19)29-23(30)20-12-8-9-13-21(20)24(29)31/h5-13,22H,3-4,14-18H2,1-2H3/t22-/m0/s1. The Labute approximate surface area is 206 Å².